The smallest absolute Gasteiger partial charge is 0.338 e. The molecule has 1 aliphatic carbocycles. The van der Waals surface area contributed by atoms with Crippen LogP contribution < -0.4 is 10.5 Å². The Labute approximate surface area is 120 Å². The number of carbonyl (C=O) groups is 1. The van der Waals surface area contributed by atoms with Crippen molar-refractivity contribution in [3.05, 3.63) is 23.8 Å². The van der Waals surface area contributed by atoms with Crippen LogP contribution in [-0.2, 0) is 4.74 Å². The first kappa shape index (κ1) is 14.7. The first-order valence-corrected chi connectivity index (χ1v) is 7.33. The van der Waals surface area contributed by atoms with E-state index in [0.29, 0.717) is 29.5 Å². The average molecular weight is 277 g/mol. The van der Waals surface area contributed by atoms with Crippen molar-refractivity contribution in [3.8, 4) is 5.75 Å². The molecule has 2 N–H and O–H groups in total. The summed E-state index contributed by atoms with van der Waals surface area (Å²) in [6.45, 7) is 4.39. The molecule has 1 fully saturated rings. The van der Waals surface area contributed by atoms with Crippen molar-refractivity contribution >= 4 is 11.7 Å². The molecule has 4 nitrogen and oxygen atoms in total. The molecule has 1 aromatic rings. The number of esters is 1. The van der Waals surface area contributed by atoms with Crippen LogP contribution in [0.25, 0.3) is 0 Å². The lowest BCUT2D eigenvalue weighted by molar-refractivity contribution is 0.0526. The fourth-order valence-corrected chi connectivity index (χ4v) is 2.66. The Morgan fingerprint density at radius 1 is 1.40 bits per heavy atom. The van der Waals surface area contributed by atoms with Gasteiger partial charge >= 0.3 is 5.97 Å². The van der Waals surface area contributed by atoms with E-state index in [2.05, 4.69) is 6.92 Å². The van der Waals surface area contributed by atoms with E-state index in [1.165, 1.54) is 12.8 Å². The quantitative estimate of drug-likeness (QED) is 0.676. The highest BCUT2D eigenvalue weighted by molar-refractivity contribution is 5.91. The van der Waals surface area contributed by atoms with Crippen LogP contribution in [0.4, 0.5) is 5.69 Å². The summed E-state index contributed by atoms with van der Waals surface area (Å²) in [6, 6.07) is 5.09. The van der Waals surface area contributed by atoms with E-state index in [1.807, 2.05) is 0 Å². The second-order valence-electron chi connectivity index (χ2n) is 5.48. The molecule has 0 aliphatic heterocycles. The zero-order chi connectivity index (χ0) is 14.5. The van der Waals surface area contributed by atoms with Crippen LogP contribution in [0.3, 0.4) is 0 Å². The third-order valence-corrected chi connectivity index (χ3v) is 3.70. The third-order valence-electron chi connectivity index (χ3n) is 3.70. The second kappa shape index (κ2) is 6.64. The molecule has 1 saturated carbocycles. The van der Waals surface area contributed by atoms with Gasteiger partial charge in [-0.05, 0) is 50.3 Å². The minimum absolute atomic E-state index is 0.231. The average Bonchev–Trinajstić information content (AvgIpc) is 2.41. The molecular weight excluding hydrogens is 254 g/mol. The number of ether oxygens (including phenoxy) is 2. The minimum atomic E-state index is -0.350. The molecule has 2 atom stereocenters. The molecule has 0 aromatic heterocycles. The first-order chi connectivity index (χ1) is 9.60. The highest BCUT2D eigenvalue weighted by Crippen LogP contribution is 2.30. The van der Waals surface area contributed by atoms with E-state index in [0.717, 1.165) is 12.8 Å². The van der Waals surface area contributed by atoms with Gasteiger partial charge in [-0.15, -0.1) is 0 Å². The summed E-state index contributed by atoms with van der Waals surface area (Å²) in [5.74, 6) is 1.02. The normalized spacial score (nSPS) is 22.3. The maximum absolute atomic E-state index is 11.6. The zero-order valence-corrected chi connectivity index (χ0v) is 12.2. The maximum atomic E-state index is 11.6. The van der Waals surface area contributed by atoms with E-state index in [1.54, 1.807) is 25.1 Å². The molecule has 0 heterocycles. The SMILES string of the molecule is CCOC(=O)c1ccc(OC2CCCC(C)C2)c(N)c1. The van der Waals surface area contributed by atoms with Gasteiger partial charge in [0.1, 0.15) is 5.75 Å². The monoisotopic (exact) mass is 277 g/mol. The van der Waals surface area contributed by atoms with Gasteiger partial charge in [0.05, 0.1) is 24.0 Å². The lowest BCUT2D eigenvalue weighted by Gasteiger charge is -2.27. The van der Waals surface area contributed by atoms with Crippen LogP contribution in [0.5, 0.6) is 5.75 Å². The van der Waals surface area contributed by atoms with E-state index in [-0.39, 0.29) is 12.1 Å². The van der Waals surface area contributed by atoms with E-state index < -0.39 is 0 Å². The number of hydrogen-bond acceptors (Lipinski definition) is 4. The van der Waals surface area contributed by atoms with Crippen LogP contribution >= 0.6 is 0 Å². The van der Waals surface area contributed by atoms with Crippen molar-refractivity contribution in [2.75, 3.05) is 12.3 Å². The van der Waals surface area contributed by atoms with Gasteiger partial charge < -0.3 is 15.2 Å². The third kappa shape index (κ3) is 3.65. The maximum Gasteiger partial charge on any atom is 0.338 e. The fourth-order valence-electron chi connectivity index (χ4n) is 2.66. The Hall–Kier alpha value is -1.71. The number of benzene rings is 1. The topological polar surface area (TPSA) is 61.5 Å². The summed E-state index contributed by atoms with van der Waals surface area (Å²) in [7, 11) is 0. The number of anilines is 1. The summed E-state index contributed by atoms with van der Waals surface area (Å²) in [4.78, 5) is 11.6. The molecule has 2 unspecified atom stereocenters. The van der Waals surface area contributed by atoms with Crippen molar-refractivity contribution in [1.29, 1.82) is 0 Å². The molecule has 110 valence electrons. The number of hydrogen-bond donors (Lipinski definition) is 1. The van der Waals surface area contributed by atoms with E-state index >= 15 is 0 Å². The summed E-state index contributed by atoms with van der Waals surface area (Å²) in [5, 5.41) is 0. The molecule has 1 aliphatic rings. The van der Waals surface area contributed by atoms with Crippen molar-refractivity contribution in [2.24, 2.45) is 5.92 Å². The number of nitrogens with two attached hydrogens (primary N) is 1. The lowest BCUT2D eigenvalue weighted by atomic mass is 9.89. The highest BCUT2D eigenvalue weighted by Gasteiger charge is 2.21. The molecule has 1 aromatic carbocycles. The minimum Gasteiger partial charge on any atom is -0.488 e. The van der Waals surface area contributed by atoms with Gasteiger partial charge in [0.25, 0.3) is 0 Å². The van der Waals surface area contributed by atoms with Gasteiger partial charge in [-0.1, -0.05) is 13.3 Å². The Morgan fingerprint density at radius 2 is 2.20 bits per heavy atom. The van der Waals surface area contributed by atoms with Crippen LogP contribution in [0.15, 0.2) is 18.2 Å². The molecule has 20 heavy (non-hydrogen) atoms. The summed E-state index contributed by atoms with van der Waals surface area (Å²) in [6.07, 6.45) is 4.85. The predicted octanol–water partition coefficient (Wildman–Crippen LogP) is 3.40. The van der Waals surface area contributed by atoms with Crippen LogP contribution in [0.1, 0.15) is 49.9 Å². The molecule has 0 spiro atoms. The van der Waals surface area contributed by atoms with Gasteiger partial charge in [0.15, 0.2) is 0 Å². The van der Waals surface area contributed by atoms with Crippen LogP contribution in [0.2, 0.25) is 0 Å². The fraction of sp³-hybridized carbons (Fsp3) is 0.562. The number of carbonyl (C=O) groups excluding carboxylic acids is 1. The molecule has 4 heteroatoms. The van der Waals surface area contributed by atoms with Gasteiger partial charge in [0.2, 0.25) is 0 Å². The van der Waals surface area contributed by atoms with Gasteiger partial charge in [-0.25, -0.2) is 4.79 Å². The van der Waals surface area contributed by atoms with Crippen molar-refractivity contribution < 1.29 is 14.3 Å². The molecule has 0 saturated heterocycles. The van der Waals surface area contributed by atoms with Crippen molar-refractivity contribution in [2.45, 2.75) is 45.6 Å². The summed E-state index contributed by atoms with van der Waals surface area (Å²) < 4.78 is 10.9. The molecule has 0 radical (unpaired) electrons. The Kier molecular flexibility index (Phi) is 4.88. The predicted molar refractivity (Wildman–Crippen MR) is 78.9 cm³/mol. The first-order valence-electron chi connectivity index (χ1n) is 7.33. The molecular formula is C16H23NO3. The van der Waals surface area contributed by atoms with Crippen LogP contribution in [0, 0.1) is 5.92 Å². The molecule has 0 bridgehead atoms. The molecule has 2 rings (SSSR count). The van der Waals surface area contributed by atoms with Crippen molar-refractivity contribution in [3.63, 3.8) is 0 Å². The van der Waals surface area contributed by atoms with E-state index in [4.69, 9.17) is 15.2 Å². The second-order valence-corrected chi connectivity index (χ2v) is 5.48. The van der Waals surface area contributed by atoms with E-state index in [9.17, 15) is 4.79 Å². The Balaban J connectivity index is 2.04. The van der Waals surface area contributed by atoms with Crippen LogP contribution in [-0.4, -0.2) is 18.7 Å². The number of rotatable bonds is 4. The van der Waals surface area contributed by atoms with Gasteiger partial charge in [-0.3, -0.25) is 0 Å². The Morgan fingerprint density at radius 3 is 2.85 bits per heavy atom. The Bertz CT molecular complexity index is 473. The largest absolute Gasteiger partial charge is 0.488 e. The van der Waals surface area contributed by atoms with Crippen molar-refractivity contribution in [1.82, 2.24) is 0 Å². The zero-order valence-electron chi connectivity index (χ0n) is 12.2. The lowest BCUT2D eigenvalue weighted by Crippen LogP contribution is -2.24. The number of nitrogen functional groups attached to an aromatic ring is 1. The summed E-state index contributed by atoms with van der Waals surface area (Å²) in [5.41, 5.74) is 6.94. The van der Waals surface area contributed by atoms with Gasteiger partial charge in [0, 0.05) is 0 Å². The standard InChI is InChI=1S/C16H23NO3/c1-3-19-16(18)12-7-8-15(14(17)10-12)20-13-6-4-5-11(2)9-13/h7-8,10-11,13H,3-6,9,17H2,1-2H3. The van der Waals surface area contributed by atoms with Gasteiger partial charge in [-0.2, -0.15) is 0 Å². The molecule has 0 amide bonds. The summed E-state index contributed by atoms with van der Waals surface area (Å²) >= 11 is 0. The highest BCUT2D eigenvalue weighted by atomic mass is 16.5.